The van der Waals surface area contributed by atoms with E-state index in [0.29, 0.717) is 5.92 Å². The number of hydrogen-bond donors (Lipinski definition) is 0. The van der Waals surface area contributed by atoms with Crippen LogP contribution in [0.4, 0.5) is 0 Å². The smallest absolute Gasteiger partial charge is 0.0116 e. The minimum Gasteiger partial charge on any atom is -0.0622 e. The van der Waals surface area contributed by atoms with Crippen LogP contribution in [-0.4, -0.2) is 0 Å². The Labute approximate surface area is 88.4 Å². The van der Waals surface area contributed by atoms with Crippen LogP contribution in [0.5, 0.6) is 0 Å². The van der Waals surface area contributed by atoms with Gasteiger partial charge in [0.2, 0.25) is 0 Å². The second-order valence-corrected chi connectivity index (χ2v) is 4.92. The Hall–Kier alpha value is -0.780. The molecule has 0 aliphatic carbocycles. The van der Waals surface area contributed by atoms with E-state index < -0.39 is 0 Å². The summed E-state index contributed by atoms with van der Waals surface area (Å²) in [6.45, 7) is 11.4. The molecule has 0 atom stereocenters. The molecule has 1 rings (SSSR count). The van der Waals surface area contributed by atoms with Gasteiger partial charge in [0.25, 0.3) is 0 Å². The van der Waals surface area contributed by atoms with Crippen LogP contribution in [0, 0.1) is 18.8 Å². The summed E-state index contributed by atoms with van der Waals surface area (Å²) in [7, 11) is 0. The third kappa shape index (κ3) is 2.60. The lowest BCUT2D eigenvalue weighted by molar-refractivity contribution is 0.388. The lowest BCUT2D eigenvalue weighted by atomic mass is 9.80. The summed E-state index contributed by atoms with van der Waals surface area (Å²) in [6, 6.07) is 8.99. The van der Waals surface area contributed by atoms with Crippen LogP contribution >= 0.6 is 0 Å². The van der Waals surface area contributed by atoms with Gasteiger partial charge in [-0.2, -0.15) is 0 Å². The van der Waals surface area contributed by atoms with Gasteiger partial charge in [-0.05, 0) is 30.2 Å². The molecule has 14 heavy (non-hydrogen) atoms. The SMILES string of the molecule is Cc1ccc(C(C(C)C)C(C)C)cc1. The van der Waals surface area contributed by atoms with Gasteiger partial charge in [-0.25, -0.2) is 0 Å². The Morgan fingerprint density at radius 2 is 1.21 bits per heavy atom. The molecule has 0 saturated carbocycles. The van der Waals surface area contributed by atoms with E-state index in [-0.39, 0.29) is 0 Å². The Kier molecular flexibility index (Phi) is 3.74. The Bertz CT molecular complexity index is 259. The van der Waals surface area contributed by atoms with Crippen molar-refractivity contribution in [1.29, 1.82) is 0 Å². The molecule has 0 aliphatic rings. The van der Waals surface area contributed by atoms with Crippen molar-refractivity contribution in [2.45, 2.75) is 40.5 Å². The van der Waals surface area contributed by atoms with E-state index in [0.717, 1.165) is 11.8 Å². The molecule has 0 heterocycles. The van der Waals surface area contributed by atoms with E-state index in [2.05, 4.69) is 58.9 Å². The van der Waals surface area contributed by atoms with Gasteiger partial charge >= 0.3 is 0 Å². The largest absolute Gasteiger partial charge is 0.0622 e. The minimum atomic E-state index is 0.690. The maximum absolute atomic E-state index is 2.31. The van der Waals surface area contributed by atoms with E-state index in [4.69, 9.17) is 0 Å². The second kappa shape index (κ2) is 4.63. The van der Waals surface area contributed by atoms with Crippen molar-refractivity contribution in [1.82, 2.24) is 0 Å². The molecule has 78 valence electrons. The first-order valence-corrected chi connectivity index (χ1v) is 5.59. The molecule has 0 aromatic heterocycles. The molecule has 0 heteroatoms. The lowest BCUT2D eigenvalue weighted by Crippen LogP contribution is -2.13. The van der Waals surface area contributed by atoms with Crippen molar-refractivity contribution in [2.75, 3.05) is 0 Å². The molecule has 0 fully saturated rings. The fraction of sp³-hybridized carbons (Fsp3) is 0.571. The van der Waals surface area contributed by atoms with Crippen molar-refractivity contribution in [3.63, 3.8) is 0 Å². The Balaban J connectivity index is 2.94. The number of aryl methyl sites for hydroxylation is 1. The standard InChI is InChI=1S/C14H22/c1-10(2)14(11(3)4)13-8-6-12(5)7-9-13/h6-11,14H,1-5H3. The summed E-state index contributed by atoms with van der Waals surface area (Å²) in [5.74, 6) is 2.13. The molecule has 0 aliphatic heterocycles. The van der Waals surface area contributed by atoms with Gasteiger partial charge in [0, 0.05) is 0 Å². The van der Waals surface area contributed by atoms with E-state index >= 15 is 0 Å². The summed E-state index contributed by atoms with van der Waals surface area (Å²) in [5, 5.41) is 0. The molecule has 0 amide bonds. The maximum Gasteiger partial charge on any atom is -0.0116 e. The number of hydrogen-bond acceptors (Lipinski definition) is 0. The van der Waals surface area contributed by atoms with Gasteiger partial charge in [0.1, 0.15) is 0 Å². The highest BCUT2D eigenvalue weighted by Gasteiger charge is 2.18. The second-order valence-electron chi connectivity index (χ2n) is 4.92. The van der Waals surface area contributed by atoms with Gasteiger partial charge in [-0.1, -0.05) is 57.5 Å². The van der Waals surface area contributed by atoms with Gasteiger partial charge in [-0.3, -0.25) is 0 Å². The highest BCUT2D eigenvalue weighted by atomic mass is 14.2. The number of benzene rings is 1. The highest BCUT2D eigenvalue weighted by Crippen LogP contribution is 2.31. The van der Waals surface area contributed by atoms with Crippen LogP contribution in [0.25, 0.3) is 0 Å². The molecule has 0 spiro atoms. The fourth-order valence-corrected chi connectivity index (χ4v) is 2.33. The van der Waals surface area contributed by atoms with E-state index in [1.165, 1.54) is 11.1 Å². The average molecular weight is 190 g/mol. The van der Waals surface area contributed by atoms with Crippen LogP contribution in [0.3, 0.4) is 0 Å². The molecule has 0 unspecified atom stereocenters. The zero-order valence-electron chi connectivity index (χ0n) is 10.0. The first-order chi connectivity index (χ1) is 6.52. The van der Waals surface area contributed by atoms with E-state index in [1.807, 2.05) is 0 Å². The first kappa shape index (κ1) is 11.3. The zero-order chi connectivity index (χ0) is 10.7. The zero-order valence-corrected chi connectivity index (χ0v) is 10.0. The molecule has 1 aromatic carbocycles. The van der Waals surface area contributed by atoms with Gasteiger partial charge < -0.3 is 0 Å². The van der Waals surface area contributed by atoms with Crippen molar-refractivity contribution >= 4 is 0 Å². The van der Waals surface area contributed by atoms with Crippen LogP contribution in [0.15, 0.2) is 24.3 Å². The van der Waals surface area contributed by atoms with E-state index in [1.54, 1.807) is 0 Å². The lowest BCUT2D eigenvalue weighted by Gasteiger charge is -2.25. The number of rotatable bonds is 3. The van der Waals surface area contributed by atoms with E-state index in [9.17, 15) is 0 Å². The van der Waals surface area contributed by atoms with Crippen molar-refractivity contribution in [3.05, 3.63) is 35.4 Å². The third-order valence-electron chi connectivity index (χ3n) is 2.90. The molecule has 0 N–H and O–H groups in total. The molecular weight excluding hydrogens is 168 g/mol. The molecule has 0 radical (unpaired) electrons. The first-order valence-electron chi connectivity index (χ1n) is 5.59. The molecule has 0 saturated heterocycles. The predicted octanol–water partition coefficient (Wildman–Crippen LogP) is 4.39. The quantitative estimate of drug-likeness (QED) is 0.663. The van der Waals surface area contributed by atoms with Gasteiger partial charge in [-0.15, -0.1) is 0 Å². The third-order valence-corrected chi connectivity index (χ3v) is 2.90. The molecule has 1 aromatic rings. The van der Waals surface area contributed by atoms with Crippen molar-refractivity contribution < 1.29 is 0 Å². The topological polar surface area (TPSA) is 0 Å². The Morgan fingerprint density at radius 3 is 1.57 bits per heavy atom. The fourth-order valence-electron chi connectivity index (χ4n) is 2.33. The summed E-state index contributed by atoms with van der Waals surface area (Å²) in [5.41, 5.74) is 2.83. The van der Waals surface area contributed by atoms with Crippen LogP contribution in [-0.2, 0) is 0 Å². The summed E-state index contributed by atoms with van der Waals surface area (Å²) in [4.78, 5) is 0. The van der Waals surface area contributed by atoms with Crippen LogP contribution < -0.4 is 0 Å². The summed E-state index contributed by atoms with van der Waals surface area (Å²) < 4.78 is 0. The Morgan fingerprint density at radius 1 is 0.786 bits per heavy atom. The van der Waals surface area contributed by atoms with Gasteiger partial charge in [0.05, 0.1) is 0 Å². The molecular formula is C14H22. The molecule has 0 bridgehead atoms. The van der Waals surface area contributed by atoms with Crippen molar-refractivity contribution in [3.8, 4) is 0 Å². The van der Waals surface area contributed by atoms with Crippen LogP contribution in [0.2, 0.25) is 0 Å². The predicted molar refractivity (Wildman–Crippen MR) is 63.6 cm³/mol. The normalized spacial score (nSPS) is 11.7. The summed E-state index contributed by atoms with van der Waals surface area (Å²) >= 11 is 0. The van der Waals surface area contributed by atoms with Crippen molar-refractivity contribution in [2.24, 2.45) is 11.8 Å². The highest BCUT2D eigenvalue weighted by molar-refractivity contribution is 5.25. The summed E-state index contributed by atoms with van der Waals surface area (Å²) in [6.07, 6.45) is 0. The monoisotopic (exact) mass is 190 g/mol. The van der Waals surface area contributed by atoms with Crippen LogP contribution in [0.1, 0.15) is 44.7 Å². The van der Waals surface area contributed by atoms with Gasteiger partial charge in [0.15, 0.2) is 0 Å². The average Bonchev–Trinajstić information content (AvgIpc) is 2.07. The minimum absolute atomic E-state index is 0.690. The molecule has 0 nitrogen and oxygen atoms in total. The maximum atomic E-state index is 2.31.